The van der Waals surface area contributed by atoms with Crippen LogP contribution in [0.25, 0.3) is 0 Å². The first-order valence-corrected chi connectivity index (χ1v) is 6.58. The summed E-state index contributed by atoms with van der Waals surface area (Å²) in [6, 6.07) is 0.209. The molecule has 0 aromatic rings. The summed E-state index contributed by atoms with van der Waals surface area (Å²) in [6.07, 6.45) is 3.15. The monoisotopic (exact) mass is 206 g/mol. The van der Waals surface area contributed by atoms with Gasteiger partial charge in [0.05, 0.1) is 6.26 Å². The Balaban J connectivity index is 2.65. The Morgan fingerprint density at radius 1 is 1.38 bits per heavy atom. The Hall–Kier alpha value is -0.130. The molecule has 0 spiro atoms. The third kappa shape index (κ3) is 2.93. The van der Waals surface area contributed by atoms with Gasteiger partial charge in [-0.3, -0.25) is 0 Å². The third-order valence-electron chi connectivity index (χ3n) is 2.45. The second kappa shape index (κ2) is 4.39. The summed E-state index contributed by atoms with van der Waals surface area (Å²) in [5.74, 6) is 0. The molecule has 0 aromatic heterocycles. The normalized spacial score (nSPS) is 20.8. The highest BCUT2D eigenvalue weighted by molar-refractivity contribution is 7.88. The van der Waals surface area contributed by atoms with E-state index in [1.165, 1.54) is 6.26 Å². The van der Waals surface area contributed by atoms with Crippen LogP contribution in [0, 0.1) is 0 Å². The van der Waals surface area contributed by atoms with Crippen molar-refractivity contribution in [3.8, 4) is 0 Å². The second-order valence-corrected chi connectivity index (χ2v) is 5.38. The number of rotatable bonds is 3. The first-order valence-electron chi connectivity index (χ1n) is 4.73. The van der Waals surface area contributed by atoms with Crippen molar-refractivity contribution in [2.75, 3.05) is 25.9 Å². The molecule has 0 aliphatic carbocycles. The van der Waals surface area contributed by atoms with Crippen LogP contribution < -0.4 is 5.32 Å². The van der Waals surface area contributed by atoms with E-state index in [1.54, 1.807) is 4.31 Å². The summed E-state index contributed by atoms with van der Waals surface area (Å²) in [7, 11) is -3.01. The zero-order valence-electron chi connectivity index (χ0n) is 8.28. The fourth-order valence-electron chi connectivity index (χ4n) is 1.86. The smallest absolute Gasteiger partial charge is 0.211 e. The lowest BCUT2D eigenvalue weighted by Crippen LogP contribution is -2.45. The third-order valence-corrected chi connectivity index (χ3v) is 3.86. The van der Waals surface area contributed by atoms with Gasteiger partial charge in [0.15, 0.2) is 0 Å². The molecular weight excluding hydrogens is 188 g/mol. The first kappa shape index (κ1) is 10.9. The van der Waals surface area contributed by atoms with Crippen LogP contribution in [-0.4, -0.2) is 44.7 Å². The number of hydrogen-bond donors (Lipinski definition) is 1. The number of sulfonamides is 1. The predicted octanol–water partition coefficient (Wildman–Crippen LogP) is 0.0199. The van der Waals surface area contributed by atoms with Crippen molar-refractivity contribution in [3.05, 3.63) is 0 Å². The van der Waals surface area contributed by atoms with Gasteiger partial charge in [0.1, 0.15) is 0 Å². The maximum atomic E-state index is 11.4. The molecule has 5 heteroatoms. The lowest BCUT2D eigenvalue weighted by atomic mass is 10.1. The van der Waals surface area contributed by atoms with E-state index < -0.39 is 10.0 Å². The van der Waals surface area contributed by atoms with Crippen LogP contribution in [0.4, 0.5) is 0 Å². The Kier molecular flexibility index (Phi) is 3.70. The maximum absolute atomic E-state index is 11.4. The van der Waals surface area contributed by atoms with Crippen molar-refractivity contribution >= 4 is 10.0 Å². The standard InChI is InChI=1S/C8H18N2O2S/c1-3-10(13(2,11)12)8-4-6-9-7-5-8/h8-9H,3-7H2,1-2H3. The van der Waals surface area contributed by atoms with Gasteiger partial charge in [0.25, 0.3) is 0 Å². The summed E-state index contributed by atoms with van der Waals surface area (Å²) in [5, 5.41) is 3.22. The van der Waals surface area contributed by atoms with Gasteiger partial charge >= 0.3 is 0 Å². The van der Waals surface area contributed by atoms with E-state index in [9.17, 15) is 8.42 Å². The summed E-state index contributed by atoms with van der Waals surface area (Å²) >= 11 is 0. The molecule has 0 bridgehead atoms. The van der Waals surface area contributed by atoms with Crippen LogP contribution in [-0.2, 0) is 10.0 Å². The van der Waals surface area contributed by atoms with E-state index in [0.29, 0.717) is 6.54 Å². The van der Waals surface area contributed by atoms with Crippen molar-refractivity contribution in [2.24, 2.45) is 0 Å². The molecule has 0 saturated carbocycles. The summed E-state index contributed by atoms with van der Waals surface area (Å²) in [5.41, 5.74) is 0. The van der Waals surface area contributed by atoms with Crippen molar-refractivity contribution in [1.29, 1.82) is 0 Å². The summed E-state index contributed by atoms with van der Waals surface area (Å²) in [4.78, 5) is 0. The fourth-order valence-corrected chi connectivity index (χ4v) is 3.08. The summed E-state index contributed by atoms with van der Waals surface area (Å²) in [6.45, 7) is 4.33. The van der Waals surface area contributed by atoms with Gasteiger partial charge in [-0.2, -0.15) is 4.31 Å². The molecule has 0 unspecified atom stereocenters. The minimum absolute atomic E-state index is 0.209. The molecule has 1 fully saturated rings. The van der Waals surface area contributed by atoms with Gasteiger partial charge in [-0.05, 0) is 25.9 Å². The van der Waals surface area contributed by atoms with Crippen LogP contribution in [0.15, 0.2) is 0 Å². The number of piperidine rings is 1. The van der Waals surface area contributed by atoms with Crippen LogP contribution in [0.1, 0.15) is 19.8 Å². The minimum Gasteiger partial charge on any atom is -0.317 e. The van der Waals surface area contributed by atoms with Crippen LogP contribution in [0.2, 0.25) is 0 Å². The number of nitrogens with one attached hydrogen (secondary N) is 1. The van der Waals surface area contributed by atoms with Gasteiger partial charge in [0, 0.05) is 12.6 Å². The van der Waals surface area contributed by atoms with Gasteiger partial charge in [-0.15, -0.1) is 0 Å². The molecular formula is C8H18N2O2S. The van der Waals surface area contributed by atoms with Crippen LogP contribution in [0.5, 0.6) is 0 Å². The van der Waals surface area contributed by atoms with E-state index in [0.717, 1.165) is 25.9 Å². The molecule has 78 valence electrons. The highest BCUT2D eigenvalue weighted by atomic mass is 32.2. The summed E-state index contributed by atoms with van der Waals surface area (Å²) < 4.78 is 24.3. The van der Waals surface area contributed by atoms with E-state index in [4.69, 9.17) is 0 Å². The average Bonchev–Trinajstić information content (AvgIpc) is 2.05. The highest BCUT2D eigenvalue weighted by Crippen LogP contribution is 2.14. The quantitative estimate of drug-likeness (QED) is 0.708. The van der Waals surface area contributed by atoms with E-state index in [1.807, 2.05) is 6.92 Å². The van der Waals surface area contributed by atoms with E-state index >= 15 is 0 Å². The van der Waals surface area contributed by atoms with Crippen molar-refractivity contribution in [2.45, 2.75) is 25.8 Å². The number of hydrogen-bond acceptors (Lipinski definition) is 3. The topological polar surface area (TPSA) is 49.4 Å². The molecule has 0 aromatic carbocycles. The largest absolute Gasteiger partial charge is 0.317 e. The van der Waals surface area contributed by atoms with Gasteiger partial charge in [-0.25, -0.2) is 8.42 Å². The maximum Gasteiger partial charge on any atom is 0.211 e. The molecule has 13 heavy (non-hydrogen) atoms. The van der Waals surface area contributed by atoms with Gasteiger partial charge in [-0.1, -0.05) is 6.92 Å². The molecule has 0 amide bonds. The SMILES string of the molecule is CCN(C1CCNCC1)S(C)(=O)=O. The predicted molar refractivity (Wildman–Crippen MR) is 53.1 cm³/mol. The molecule has 1 aliphatic heterocycles. The molecule has 1 heterocycles. The van der Waals surface area contributed by atoms with Crippen LogP contribution in [0.3, 0.4) is 0 Å². The second-order valence-electron chi connectivity index (χ2n) is 3.45. The van der Waals surface area contributed by atoms with Crippen molar-refractivity contribution in [1.82, 2.24) is 9.62 Å². The molecule has 1 aliphatic rings. The van der Waals surface area contributed by atoms with Gasteiger partial charge in [0.2, 0.25) is 10.0 Å². The Labute approximate surface area is 80.4 Å². The highest BCUT2D eigenvalue weighted by Gasteiger charge is 2.25. The molecule has 0 radical (unpaired) electrons. The van der Waals surface area contributed by atoms with E-state index in [-0.39, 0.29) is 6.04 Å². The zero-order valence-corrected chi connectivity index (χ0v) is 9.10. The Morgan fingerprint density at radius 3 is 2.31 bits per heavy atom. The lowest BCUT2D eigenvalue weighted by molar-refractivity contribution is 0.272. The van der Waals surface area contributed by atoms with E-state index in [2.05, 4.69) is 5.32 Å². The number of nitrogens with zero attached hydrogens (tertiary/aromatic N) is 1. The minimum atomic E-state index is -3.01. The van der Waals surface area contributed by atoms with Crippen molar-refractivity contribution in [3.63, 3.8) is 0 Å². The zero-order chi connectivity index (χ0) is 9.90. The molecule has 4 nitrogen and oxygen atoms in total. The van der Waals surface area contributed by atoms with Crippen LogP contribution >= 0.6 is 0 Å². The van der Waals surface area contributed by atoms with Gasteiger partial charge < -0.3 is 5.32 Å². The molecule has 1 N–H and O–H groups in total. The fraction of sp³-hybridized carbons (Fsp3) is 1.00. The Bertz CT molecular complexity index is 245. The molecule has 0 atom stereocenters. The molecule has 1 rings (SSSR count). The van der Waals surface area contributed by atoms with Crippen molar-refractivity contribution < 1.29 is 8.42 Å². The lowest BCUT2D eigenvalue weighted by Gasteiger charge is -2.31. The Morgan fingerprint density at radius 2 is 1.92 bits per heavy atom. The molecule has 1 saturated heterocycles. The first-order chi connectivity index (χ1) is 6.05. The average molecular weight is 206 g/mol.